The minimum Gasteiger partial charge on any atom is -0.481 e. The van der Waals surface area contributed by atoms with Gasteiger partial charge in [-0.15, -0.1) is 0 Å². The fraction of sp³-hybridized carbons (Fsp3) is 0.895. The van der Waals surface area contributed by atoms with Crippen LogP contribution >= 0.6 is 0 Å². The van der Waals surface area contributed by atoms with Crippen molar-refractivity contribution < 1.29 is 19.4 Å². The highest BCUT2D eigenvalue weighted by atomic mass is 16.6. The number of carbonyl (C=O) groups is 2. The van der Waals surface area contributed by atoms with Gasteiger partial charge in [0.05, 0.1) is 0 Å². The number of amides is 1. The van der Waals surface area contributed by atoms with E-state index >= 15 is 0 Å². The van der Waals surface area contributed by atoms with Gasteiger partial charge < -0.3 is 15.2 Å². The zero-order valence-corrected chi connectivity index (χ0v) is 15.9. The standard InChI is InChI=1S/C19H37NO4/c1-19(2,3)24-18(23)20-16-14-12-10-8-6-4-5-7-9-11-13-15-17(21)22/h4-16H2,1-3H3,(H,20,23)(H,21,22). The SMILES string of the molecule is CC(C)(C)OC(=O)NCCCCCCCCCCCCCC(=O)O. The first-order valence-corrected chi connectivity index (χ1v) is 9.50. The Labute approximate surface area is 147 Å². The van der Waals surface area contributed by atoms with Crippen LogP contribution in [0.5, 0.6) is 0 Å². The molecule has 1 amide bonds. The summed E-state index contributed by atoms with van der Waals surface area (Å²) in [5, 5.41) is 11.3. The summed E-state index contributed by atoms with van der Waals surface area (Å²) < 4.78 is 5.18. The molecule has 0 radical (unpaired) electrons. The summed E-state index contributed by atoms with van der Waals surface area (Å²) in [6.45, 7) is 6.28. The number of ether oxygens (including phenoxy) is 1. The van der Waals surface area contributed by atoms with Crippen molar-refractivity contribution in [1.82, 2.24) is 5.32 Å². The molecule has 5 nitrogen and oxygen atoms in total. The predicted octanol–water partition coefficient (Wildman–Crippen LogP) is 5.28. The first-order valence-electron chi connectivity index (χ1n) is 9.50. The Morgan fingerprint density at radius 2 is 1.21 bits per heavy atom. The number of aliphatic carboxylic acids is 1. The molecule has 0 saturated heterocycles. The predicted molar refractivity (Wildman–Crippen MR) is 97.3 cm³/mol. The Balaban J connectivity index is 3.18. The molecule has 0 aliphatic rings. The Kier molecular flexibility index (Phi) is 13.4. The first kappa shape index (κ1) is 22.7. The second-order valence-corrected chi connectivity index (χ2v) is 7.46. The average molecular weight is 344 g/mol. The van der Waals surface area contributed by atoms with E-state index in [4.69, 9.17) is 9.84 Å². The van der Waals surface area contributed by atoms with E-state index in [1.807, 2.05) is 20.8 Å². The number of hydrogen-bond donors (Lipinski definition) is 2. The van der Waals surface area contributed by atoms with Crippen molar-refractivity contribution >= 4 is 12.1 Å². The third kappa shape index (κ3) is 18.8. The number of hydrogen-bond acceptors (Lipinski definition) is 3. The molecule has 2 N–H and O–H groups in total. The highest BCUT2D eigenvalue weighted by Gasteiger charge is 2.15. The van der Waals surface area contributed by atoms with Crippen molar-refractivity contribution in [2.45, 2.75) is 103 Å². The van der Waals surface area contributed by atoms with Gasteiger partial charge in [0.25, 0.3) is 0 Å². The van der Waals surface area contributed by atoms with Gasteiger partial charge in [-0.2, -0.15) is 0 Å². The van der Waals surface area contributed by atoms with E-state index in [0.29, 0.717) is 13.0 Å². The van der Waals surface area contributed by atoms with E-state index in [1.54, 1.807) is 0 Å². The summed E-state index contributed by atoms with van der Waals surface area (Å²) in [4.78, 5) is 21.8. The largest absolute Gasteiger partial charge is 0.481 e. The highest BCUT2D eigenvalue weighted by molar-refractivity contribution is 5.67. The molecule has 0 aliphatic heterocycles. The monoisotopic (exact) mass is 343 g/mol. The van der Waals surface area contributed by atoms with Gasteiger partial charge in [-0.1, -0.05) is 57.8 Å². The number of carboxylic acids is 1. The van der Waals surface area contributed by atoms with Crippen LogP contribution in [-0.2, 0) is 9.53 Å². The van der Waals surface area contributed by atoms with Crippen molar-refractivity contribution in [1.29, 1.82) is 0 Å². The molecule has 0 aromatic rings. The van der Waals surface area contributed by atoms with Gasteiger partial charge in [0.15, 0.2) is 0 Å². The Hall–Kier alpha value is -1.26. The van der Waals surface area contributed by atoms with E-state index in [0.717, 1.165) is 32.1 Å². The Bertz CT molecular complexity index is 337. The van der Waals surface area contributed by atoms with Crippen molar-refractivity contribution in [2.24, 2.45) is 0 Å². The fourth-order valence-electron chi connectivity index (χ4n) is 2.50. The van der Waals surface area contributed by atoms with Crippen LogP contribution in [0.25, 0.3) is 0 Å². The maximum atomic E-state index is 11.4. The molecule has 0 rings (SSSR count). The van der Waals surface area contributed by atoms with Gasteiger partial charge >= 0.3 is 12.1 Å². The minimum absolute atomic E-state index is 0.308. The van der Waals surface area contributed by atoms with Crippen LogP contribution in [0.4, 0.5) is 4.79 Å². The van der Waals surface area contributed by atoms with Gasteiger partial charge in [-0.25, -0.2) is 4.79 Å². The van der Waals surface area contributed by atoms with Crippen molar-refractivity contribution in [3.8, 4) is 0 Å². The summed E-state index contributed by atoms with van der Waals surface area (Å²) in [6.07, 6.45) is 12.6. The molecule has 0 aliphatic carbocycles. The molecule has 0 fully saturated rings. The van der Waals surface area contributed by atoms with Gasteiger partial charge in [0, 0.05) is 13.0 Å². The lowest BCUT2D eigenvalue weighted by molar-refractivity contribution is -0.137. The summed E-state index contributed by atoms with van der Waals surface area (Å²) >= 11 is 0. The molecule has 0 spiro atoms. The number of carbonyl (C=O) groups excluding carboxylic acids is 1. The van der Waals surface area contributed by atoms with E-state index in [9.17, 15) is 9.59 Å². The lowest BCUT2D eigenvalue weighted by Gasteiger charge is -2.19. The van der Waals surface area contributed by atoms with Gasteiger partial charge in [0.2, 0.25) is 0 Å². The molecule has 0 heterocycles. The number of nitrogens with one attached hydrogen (secondary N) is 1. The maximum Gasteiger partial charge on any atom is 0.407 e. The zero-order valence-electron chi connectivity index (χ0n) is 15.9. The minimum atomic E-state index is -0.684. The summed E-state index contributed by atoms with van der Waals surface area (Å²) in [7, 11) is 0. The third-order valence-corrected chi connectivity index (χ3v) is 3.74. The Morgan fingerprint density at radius 3 is 1.62 bits per heavy atom. The fourth-order valence-corrected chi connectivity index (χ4v) is 2.50. The summed E-state index contributed by atoms with van der Waals surface area (Å²) in [5.74, 6) is -0.684. The quantitative estimate of drug-likeness (QED) is 0.421. The molecule has 0 saturated carbocycles. The van der Waals surface area contributed by atoms with Crippen molar-refractivity contribution in [3.05, 3.63) is 0 Å². The second-order valence-electron chi connectivity index (χ2n) is 7.46. The molecule has 142 valence electrons. The average Bonchev–Trinajstić information content (AvgIpc) is 2.45. The molecule has 0 aromatic heterocycles. The maximum absolute atomic E-state index is 11.4. The van der Waals surface area contributed by atoms with Crippen LogP contribution in [0.1, 0.15) is 97.8 Å². The topological polar surface area (TPSA) is 75.6 Å². The molecular formula is C19H37NO4. The first-order chi connectivity index (χ1) is 11.3. The second kappa shape index (κ2) is 14.1. The van der Waals surface area contributed by atoms with E-state index < -0.39 is 11.6 Å². The molecule has 0 bridgehead atoms. The van der Waals surface area contributed by atoms with Crippen LogP contribution < -0.4 is 5.32 Å². The number of unbranched alkanes of at least 4 members (excludes halogenated alkanes) is 10. The number of rotatable bonds is 14. The lowest BCUT2D eigenvalue weighted by atomic mass is 10.1. The zero-order chi connectivity index (χ0) is 18.3. The number of carboxylic acid groups (broad SMARTS) is 1. The molecular weight excluding hydrogens is 306 g/mol. The van der Waals surface area contributed by atoms with Crippen molar-refractivity contribution in [2.75, 3.05) is 6.54 Å². The number of alkyl carbamates (subject to hydrolysis) is 1. The van der Waals surface area contributed by atoms with Crippen LogP contribution in [0.15, 0.2) is 0 Å². The van der Waals surface area contributed by atoms with E-state index in [-0.39, 0.29) is 6.09 Å². The van der Waals surface area contributed by atoms with E-state index in [1.165, 1.54) is 38.5 Å². The van der Waals surface area contributed by atoms with Gasteiger partial charge in [-0.05, 0) is 33.6 Å². The normalized spacial score (nSPS) is 11.3. The molecule has 24 heavy (non-hydrogen) atoms. The molecule has 5 heteroatoms. The van der Waals surface area contributed by atoms with Gasteiger partial charge in [0.1, 0.15) is 5.60 Å². The Morgan fingerprint density at radius 1 is 0.792 bits per heavy atom. The van der Waals surface area contributed by atoms with Gasteiger partial charge in [-0.3, -0.25) is 4.79 Å². The van der Waals surface area contributed by atoms with Crippen molar-refractivity contribution in [3.63, 3.8) is 0 Å². The van der Waals surface area contributed by atoms with Crippen LogP contribution in [0.2, 0.25) is 0 Å². The van der Waals surface area contributed by atoms with E-state index in [2.05, 4.69) is 5.32 Å². The summed E-state index contributed by atoms with van der Waals surface area (Å²) in [6, 6.07) is 0. The molecule has 0 unspecified atom stereocenters. The van der Waals surface area contributed by atoms with Crippen LogP contribution in [0.3, 0.4) is 0 Å². The lowest BCUT2D eigenvalue weighted by Crippen LogP contribution is -2.32. The summed E-state index contributed by atoms with van der Waals surface area (Å²) in [5.41, 5.74) is -0.430. The molecule has 0 aromatic carbocycles. The third-order valence-electron chi connectivity index (χ3n) is 3.74. The highest BCUT2D eigenvalue weighted by Crippen LogP contribution is 2.12. The smallest absolute Gasteiger partial charge is 0.407 e. The van der Waals surface area contributed by atoms with Crippen LogP contribution in [-0.4, -0.2) is 29.3 Å². The van der Waals surface area contributed by atoms with Crippen LogP contribution in [0, 0.1) is 0 Å². The molecule has 0 atom stereocenters.